The van der Waals surface area contributed by atoms with Crippen LogP contribution in [0.15, 0.2) is 42.5 Å². The summed E-state index contributed by atoms with van der Waals surface area (Å²) in [7, 11) is 0. The van der Waals surface area contributed by atoms with Crippen LogP contribution in [0.25, 0.3) is 0 Å². The molecule has 1 saturated carbocycles. The van der Waals surface area contributed by atoms with Crippen molar-refractivity contribution in [1.82, 2.24) is 4.98 Å². The number of benzene rings is 1. The van der Waals surface area contributed by atoms with Gasteiger partial charge < -0.3 is 10.0 Å². The Bertz CT molecular complexity index is 871. The maximum Gasteiger partial charge on any atom is 0.433 e. The molecule has 0 amide bonds. The minimum Gasteiger partial charge on any atom is -0.389 e. The number of hydrogen-bond acceptors (Lipinski definition) is 3. The third-order valence-corrected chi connectivity index (χ3v) is 6.45. The lowest BCUT2D eigenvalue weighted by Crippen LogP contribution is -2.42. The van der Waals surface area contributed by atoms with Crippen LogP contribution >= 0.6 is 0 Å². The van der Waals surface area contributed by atoms with E-state index in [0.717, 1.165) is 18.1 Å². The fourth-order valence-electron chi connectivity index (χ4n) is 4.88. The predicted octanol–water partition coefficient (Wildman–Crippen LogP) is 4.62. The summed E-state index contributed by atoms with van der Waals surface area (Å²) < 4.78 is 52.6. The Morgan fingerprint density at radius 2 is 1.93 bits per heavy atom. The molecule has 2 aromatic rings. The summed E-state index contributed by atoms with van der Waals surface area (Å²) in [6.07, 6.45) is -3.10. The molecule has 0 radical (unpaired) electrons. The van der Waals surface area contributed by atoms with Crippen LogP contribution in [0.1, 0.15) is 36.9 Å². The van der Waals surface area contributed by atoms with Crippen molar-refractivity contribution < 1.29 is 22.7 Å². The molecular weight excluding hydrogens is 372 g/mol. The van der Waals surface area contributed by atoms with Crippen LogP contribution in [-0.4, -0.2) is 28.8 Å². The Morgan fingerprint density at radius 3 is 2.64 bits per heavy atom. The van der Waals surface area contributed by atoms with Crippen molar-refractivity contribution in [3.8, 4) is 0 Å². The van der Waals surface area contributed by atoms with Crippen molar-refractivity contribution >= 4 is 5.82 Å². The summed E-state index contributed by atoms with van der Waals surface area (Å²) in [6.45, 7) is 2.90. The molecule has 0 bridgehead atoms. The Kier molecular flexibility index (Phi) is 4.61. The summed E-state index contributed by atoms with van der Waals surface area (Å²) in [5.74, 6) is -0.249. The topological polar surface area (TPSA) is 36.4 Å². The summed E-state index contributed by atoms with van der Waals surface area (Å²) in [6, 6.07) is 10.1. The van der Waals surface area contributed by atoms with Gasteiger partial charge in [0.1, 0.15) is 17.3 Å². The molecule has 2 heterocycles. The number of aliphatic hydroxyl groups is 1. The summed E-state index contributed by atoms with van der Waals surface area (Å²) in [5.41, 5.74) is -1.20. The minimum absolute atomic E-state index is 0.0953. The minimum atomic E-state index is -4.49. The average Bonchev–Trinajstić information content (AvgIpc) is 3.22. The van der Waals surface area contributed by atoms with E-state index in [1.807, 2.05) is 11.8 Å². The van der Waals surface area contributed by atoms with E-state index in [1.54, 1.807) is 18.2 Å². The van der Waals surface area contributed by atoms with Gasteiger partial charge in [-0.1, -0.05) is 25.1 Å². The van der Waals surface area contributed by atoms with E-state index in [-0.39, 0.29) is 29.4 Å². The number of hydrogen-bond donors (Lipinski definition) is 1. The first kappa shape index (κ1) is 19.2. The van der Waals surface area contributed by atoms with Crippen LogP contribution in [-0.2, 0) is 6.18 Å². The van der Waals surface area contributed by atoms with Crippen LogP contribution in [0, 0.1) is 17.7 Å². The number of rotatable bonds is 3. The van der Waals surface area contributed by atoms with Gasteiger partial charge in [-0.2, -0.15) is 13.2 Å². The Labute approximate surface area is 161 Å². The third-order valence-electron chi connectivity index (χ3n) is 6.45. The maximum atomic E-state index is 13.6. The number of alkyl halides is 3. The SMILES string of the molecule is CC(c1cccc(F)c1)[C@@]1(O)CC[C@@H]2CN(c3cccc(C(F)(F)F)n3)C[C@@H]21. The summed E-state index contributed by atoms with van der Waals surface area (Å²) >= 11 is 0. The molecule has 4 rings (SSSR count). The molecule has 2 fully saturated rings. The van der Waals surface area contributed by atoms with Crippen LogP contribution < -0.4 is 4.90 Å². The highest BCUT2D eigenvalue weighted by Crippen LogP contribution is 2.51. The first-order chi connectivity index (χ1) is 13.2. The second-order valence-corrected chi connectivity index (χ2v) is 7.96. The average molecular weight is 394 g/mol. The highest BCUT2D eigenvalue weighted by atomic mass is 19.4. The van der Waals surface area contributed by atoms with Crippen molar-refractivity contribution in [2.24, 2.45) is 11.8 Å². The van der Waals surface area contributed by atoms with Crippen molar-refractivity contribution in [3.05, 3.63) is 59.5 Å². The molecule has 1 N–H and O–H groups in total. The van der Waals surface area contributed by atoms with Crippen LogP contribution in [0.4, 0.5) is 23.4 Å². The smallest absolute Gasteiger partial charge is 0.389 e. The van der Waals surface area contributed by atoms with E-state index in [0.29, 0.717) is 19.5 Å². The van der Waals surface area contributed by atoms with Gasteiger partial charge in [0.25, 0.3) is 0 Å². The normalized spacial score (nSPS) is 28.4. The standard InChI is InChI=1S/C21H22F4N2O/c1-13(14-4-2-5-16(22)10-14)20(28)9-8-15-11-27(12-17(15)20)19-7-3-6-18(26-19)21(23,24)25/h2-7,10,13,15,17,28H,8-9,11-12H2,1H3/t13?,15-,17+,20+/m1/s1. The zero-order valence-electron chi connectivity index (χ0n) is 15.5. The predicted molar refractivity (Wildman–Crippen MR) is 97.4 cm³/mol. The van der Waals surface area contributed by atoms with E-state index in [1.165, 1.54) is 18.2 Å². The largest absolute Gasteiger partial charge is 0.433 e. The number of pyridine rings is 1. The second kappa shape index (κ2) is 6.72. The summed E-state index contributed by atoms with van der Waals surface area (Å²) in [5, 5.41) is 11.5. The van der Waals surface area contributed by atoms with E-state index >= 15 is 0 Å². The molecule has 2 aliphatic rings. The molecule has 28 heavy (non-hydrogen) atoms. The Hall–Kier alpha value is -2.15. The van der Waals surface area contributed by atoms with Gasteiger partial charge in [0.2, 0.25) is 0 Å². The number of aromatic nitrogens is 1. The lowest BCUT2D eigenvalue weighted by Gasteiger charge is -2.36. The molecule has 1 aliphatic heterocycles. The Morgan fingerprint density at radius 1 is 1.18 bits per heavy atom. The highest BCUT2D eigenvalue weighted by Gasteiger charge is 2.54. The molecule has 1 aromatic heterocycles. The quantitative estimate of drug-likeness (QED) is 0.772. The molecule has 1 saturated heterocycles. The van der Waals surface area contributed by atoms with Crippen molar-refractivity contribution in [2.45, 2.75) is 37.5 Å². The molecule has 4 atom stereocenters. The van der Waals surface area contributed by atoms with Crippen LogP contribution in [0.5, 0.6) is 0 Å². The van der Waals surface area contributed by atoms with E-state index in [4.69, 9.17) is 0 Å². The van der Waals surface area contributed by atoms with Gasteiger partial charge in [0, 0.05) is 24.9 Å². The molecule has 3 nitrogen and oxygen atoms in total. The zero-order valence-corrected chi connectivity index (χ0v) is 15.5. The van der Waals surface area contributed by atoms with Gasteiger partial charge >= 0.3 is 6.18 Å². The first-order valence-electron chi connectivity index (χ1n) is 9.45. The number of nitrogens with zero attached hydrogens (tertiary/aromatic N) is 2. The van der Waals surface area contributed by atoms with Gasteiger partial charge in [-0.05, 0) is 48.6 Å². The maximum absolute atomic E-state index is 13.6. The lowest BCUT2D eigenvalue weighted by molar-refractivity contribution is -0.141. The van der Waals surface area contributed by atoms with Crippen LogP contribution in [0.3, 0.4) is 0 Å². The van der Waals surface area contributed by atoms with Gasteiger partial charge in [0.15, 0.2) is 0 Å². The van der Waals surface area contributed by atoms with E-state index in [9.17, 15) is 22.7 Å². The van der Waals surface area contributed by atoms with Gasteiger partial charge in [-0.25, -0.2) is 9.37 Å². The fourth-order valence-corrected chi connectivity index (χ4v) is 4.88. The Balaban J connectivity index is 1.57. The zero-order chi connectivity index (χ0) is 20.1. The molecular formula is C21H22F4N2O. The number of fused-ring (bicyclic) bond motifs is 1. The molecule has 150 valence electrons. The van der Waals surface area contributed by atoms with Crippen LogP contribution in [0.2, 0.25) is 0 Å². The van der Waals surface area contributed by atoms with Crippen molar-refractivity contribution in [3.63, 3.8) is 0 Å². The monoisotopic (exact) mass is 394 g/mol. The van der Waals surface area contributed by atoms with Gasteiger partial charge in [-0.3, -0.25) is 0 Å². The number of anilines is 1. The molecule has 1 aromatic carbocycles. The highest BCUT2D eigenvalue weighted by molar-refractivity contribution is 5.42. The van der Waals surface area contributed by atoms with Crippen molar-refractivity contribution in [2.75, 3.05) is 18.0 Å². The third kappa shape index (κ3) is 3.26. The van der Waals surface area contributed by atoms with E-state index in [2.05, 4.69) is 4.98 Å². The first-order valence-corrected chi connectivity index (χ1v) is 9.45. The lowest BCUT2D eigenvalue weighted by atomic mass is 9.75. The second-order valence-electron chi connectivity index (χ2n) is 7.96. The van der Waals surface area contributed by atoms with Gasteiger partial charge in [-0.15, -0.1) is 0 Å². The number of halogens is 4. The van der Waals surface area contributed by atoms with Crippen molar-refractivity contribution in [1.29, 1.82) is 0 Å². The molecule has 7 heteroatoms. The fraction of sp³-hybridized carbons (Fsp3) is 0.476. The molecule has 1 aliphatic carbocycles. The van der Waals surface area contributed by atoms with Gasteiger partial charge in [0.05, 0.1) is 5.60 Å². The summed E-state index contributed by atoms with van der Waals surface area (Å²) in [4.78, 5) is 5.61. The van der Waals surface area contributed by atoms with E-state index < -0.39 is 17.5 Å². The molecule has 0 spiro atoms. The molecule has 1 unspecified atom stereocenters.